The summed E-state index contributed by atoms with van der Waals surface area (Å²) in [6.45, 7) is 1.00. The highest BCUT2D eigenvalue weighted by molar-refractivity contribution is 7.15. The Morgan fingerprint density at radius 2 is 2.00 bits per heavy atom. The Morgan fingerprint density at radius 1 is 1.19 bits per heavy atom. The molecule has 3 heterocycles. The summed E-state index contributed by atoms with van der Waals surface area (Å²) in [4.78, 5) is 31.7. The number of rotatable bonds is 3. The fraction of sp³-hybridized carbons (Fsp3) is 0.167. The number of anilines is 2. The van der Waals surface area contributed by atoms with E-state index in [9.17, 15) is 9.59 Å². The van der Waals surface area contributed by atoms with Crippen molar-refractivity contribution < 1.29 is 14.0 Å². The molecule has 0 aliphatic carbocycles. The van der Waals surface area contributed by atoms with Crippen LogP contribution in [0.15, 0.2) is 47.1 Å². The van der Waals surface area contributed by atoms with Crippen LogP contribution < -0.4 is 10.6 Å². The van der Waals surface area contributed by atoms with E-state index in [-0.39, 0.29) is 17.7 Å². The lowest BCUT2D eigenvalue weighted by Gasteiger charge is -2.26. The number of thiazole rings is 1. The lowest BCUT2D eigenvalue weighted by molar-refractivity contribution is 0.0996. The molecule has 4 rings (SSSR count). The summed E-state index contributed by atoms with van der Waals surface area (Å²) >= 11 is 7.23. The summed E-state index contributed by atoms with van der Waals surface area (Å²) in [5, 5.41) is 6.71. The van der Waals surface area contributed by atoms with Crippen LogP contribution in [0.3, 0.4) is 0 Å². The molecule has 1 aliphatic rings. The number of amides is 3. The Hall–Kier alpha value is -2.84. The van der Waals surface area contributed by atoms with Gasteiger partial charge in [-0.2, -0.15) is 0 Å². The summed E-state index contributed by atoms with van der Waals surface area (Å²) in [5.74, 6) is -0.115. The molecule has 138 valence electrons. The molecule has 1 aliphatic heterocycles. The SMILES string of the molecule is O=C(Nc1nc2c(s1)CN(C(=O)Nc1ccc(Cl)cc1)CC2)c1ccco1. The van der Waals surface area contributed by atoms with Crippen molar-refractivity contribution in [1.82, 2.24) is 9.88 Å². The van der Waals surface area contributed by atoms with Crippen molar-refractivity contribution in [1.29, 1.82) is 0 Å². The lowest BCUT2D eigenvalue weighted by atomic mass is 10.2. The number of halogens is 1. The highest BCUT2D eigenvalue weighted by Crippen LogP contribution is 2.29. The first-order chi connectivity index (χ1) is 13.1. The van der Waals surface area contributed by atoms with Gasteiger partial charge in [-0.1, -0.05) is 22.9 Å². The third kappa shape index (κ3) is 3.96. The normalized spacial score (nSPS) is 13.1. The Balaban J connectivity index is 1.40. The second kappa shape index (κ2) is 7.42. The number of hydrogen-bond donors (Lipinski definition) is 2. The van der Waals surface area contributed by atoms with E-state index < -0.39 is 0 Å². The van der Waals surface area contributed by atoms with Crippen molar-refractivity contribution in [3.63, 3.8) is 0 Å². The molecule has 0 radical (unpaired) electrons. The summed E-state index contributed by atoms with van der Waals surface area (Å²) in [6.07, 6.45) is 2.08. The standard InChI is InChI=1S/C18H15ClN4O3S/c19-11-3-5-12(6-4-11)20-18(25)23-8-7-13-15(10-23)27-17(21-13)22-16(24)14-2-1-9-26-14/h1-6,9H,7-8,10H2,(H,20,25)(H,21,22,24). The Morgan fingerprint density at radius 3 is 2.74 bits per heavy atom. The van der Waals surface area contributed by atoms with Crippen molar-refractivity contribution in [2.24, 2.45) is 0 Å². The van der Waals surface area contributed by atoms with Crippen molar-refractivity contribution in [2.45, 2.75) is 13.0 Å². The fourth-order valence-electron chi connectivity index (χ4n) is 2.72. The van der Waals surface area contributed by atoms with Crippen LogP contribution in [0, 0.1) is 0 Å². The van der Waals surface area contributed by atoms with Gasteiger partial charge in [0.1, 0.15) is 0 Å². The van der Waals surface area contributed by atoms with Crippen LogP contribution in [0.2, 0.25) is 5.02 Å². The van der Waals surface area contributed by atoms with Gasteiger partial charge in [0.25, 0.3) is 5.91 Å². The minimum absolute atomic E-state index is 0.183. The molecule has 0 spiro atoms. The zero-order chi connectivity index (χ0) is 18.8. The quantitative estimate of drug-likeness (QED) is 0.686. The van der Waals surface area contributed by atoms with E-state index in [2.05, 4.69) is 15.6 Å². The average molecular weight is 403 g/mol. The zero-order valence-corrected chi connectivity index (χ0v) is 15.6. The zero-order valence-electron chi connectivity index (χ0n) is 14.1. The largest absolute Gasteiger partial charge is 0.459 e. The molecule has 9 heteroatoms. The molecule has 7 nitrogen and oxygen atoms in total. The minimum Gasteiger partial charge on any atom is -0.459 e. The first-order valence-electron chi connectivity index (χ1n) is 8.23. The second-order valence-corrected chi connectivity index (χ2v) is 7.45. The summed E-state index contributed by atoms with van der Waals surface area (Å²) in [6, 6.07) is 10.0. The fourth-order valence-corrected chi connectivity index (χ4v) is 3.87. The molecule has 3 amide bonds. The van der Waals surface area contributed by atoms with Gasteiger partial charge in [-0.25, -0.2) is 9.78 Å². The van der Waals surface area contributed by atoms with Gasteiger partial charge in [0, 0.05) is 28.6 Å². The Kier molecular flexibility index (Phi) is 4.83. The molecular formula is C18H15ClN4O3S. The third-order valence-corrected chi connectivity index (χ3v) is 5.33. The van der Waals surface area contributed by atoms with Crippen LogP contribution in [0.25, 0.3) is 0 Å². The van der Waals surface area contributed by atoms with Gasteiger partial charge in [0.15, 0.2) is 10.9 Å². The molecular weight excluding hydrogens is 388 g/mol. The van der Waals surface area contributed by atoms with Crippen LogP contribution in [0.5, 0.6) is 0 Å². The number of benzene rings is 1. The Labute approximate surface area is 164 Å². The van der Waals surface area contributed by atoms with Crippen molar-refractivity contribution >= 4 is 45.7 Å². The van der Waals surface area contributed by atoms with Crippen LogP contribution in [0.1, 0.15) is 21.1 Å². The van der Waals surface area contributed by atoms with Crippen molar-refractivity contribution in [3.8, 4) is 0 Å². The van der Waals surface area contributed by atoms with Crippen LogP contribution in [-0.4, -0.2) is 28.4 Å². The summed E-state index contributed by atoms with van der Waals surface area (Å²) in [5.41, 5.74) is 1.59. The first-order valence-corrected chi connectivity index (χ1v) is 9.43. The number of nitrogens with one attached hydrogen (secondary N) is 2. The van der Waals surface area contributed by atoms with E-state index in [1.807, 2.05) is 0 Å². The number of nitrogens with zero attached hydrogens (tertiary/aromatic N) is 2. The number of carbonyl (C=O) groups is 2. The summed E-state index contributed by atoms with van der Waals surface area (Å²) < 4.78 is 5.08. The van der Waals surface area contributed by atoms with Crippen molar-refractivity contribution in [2.75, 3.05) is 17.2 Å². The predicted molar refractivity (Wildman–Crippen MR) is 103 cm³/mol. The van der Waals surface area contributed by atoms with Gasteiger partial charge in [0.05, 0.1) is 18.5 Å². The number of aromatic nitrogens is 1. The average Bonchev–Trinajstić information content (AvgIpc) is 3.32. The maximum Gasteiger partial charge on any atom is 0.322 e. The molecule has 0 bridgehead atoms. The van der Waals surface area contributed by atoms with Gasteiger partial charge in [-0.15, -0.1) is 0 Å². The lowest BCUT2D eigenvalue weighted by Crippen LogP contribution is -2.38. The molecule has 0 saturated carbocycles. The monoisotopic (exact) mass is 402 g/mol. The highest BCUT2D eigenvalue weighted by atomic mass is 35.5. The number of furan rings is 1. The topological polar surface area (TPSA) is 87.5 Å². The van der Waals surface area contributed by atoms with E-state index in [0.29, 0.717) is 35.4 Å². The second-order valence-electron chi connectivity index (χ2n) is 5.93. The van der Waals surface area contributed by atoms with E-state index in [4.69, 9.17) is 16.0 Å². The third-order valence-electron chi connectivity index (χ3n) is 4.08. The van der Waals surface area contributed by atoms with Crippen LogP contribution in [0.4, 0.5) is 15.6 Å². The van der Waals surface area contributed by atoms with Crippen molar-refractivity contribution in [3.05, 3.63) is 64.0 Å². The number of carbonyl (C=O) groups excluding carboxylic acids is 2. The maximum atomic E-state index is 12.5. The highest BCUT2D eigenvalue weighted by Gasteiger charge is 2.25. The van der Waals surface area contributed by atoms with E-state index in [0.717, 1.165) is 10.6 Å². The molecule has 3 aromatic rings. The van der Waals surface area contributed by atoms with Gasteiger partial charge < -0.3 is 14.6 Å². The molecule has 27 heavy (non-hydrogen) atoms. The molecule has 0 fully saturated rings. The molecule has 0 saturated heterocycles. The molecule has 2 aromatic heterocycles. The molecule has 0 unspecified atom stereocenters. The number of hydrogen-bond acceptors (Lipinski definition) is 5. The van der Waals surface area contributed by atoms with Gasteiger partial charge in [-0.05, 0) is 36.4 Å². The first kappa shape index (κ1) is 17.6. The molecule has 1 aromatic carbocycles. The van der Waals surface area contributed by atoms with Gasteiger partial charge in [0.2, 0.25) is 0 Å². The molecule has 2 N–H and O–H groups in total. The Bertz CT molecular complexity index is 969. The van der Waals surface area contributed by atoms with E-state index in [1.54, 1.807) is 41.3 Å². The van der Waals surface area contributed by atoms with E-state index in [1.165, 1.54) is 17.6 Å². The maximum absolute atomic E-state index is 12.5. The minimum atomic E-state index is -0.344. The van der Waals surface area contributed by atoms with Crippen LogP contribution in [-0.2, 0) is 13.0 Å². The number of urea groups is 1. The molecule has 0 atom stereocenters. The smallest absolute Gasteiger partial charge is 0.322 e. The van der Waals surface area contributed by atoms with Crippen LogP contribution >= 0.6 is 22.9 Å². The van der Waals surface area contributed by atoms with E-state index >= 15 is 0 Å². The van der Waals surface area contributed by atoms with Gasteiger partial charge in [-0.3, -0.25) is 10.1 Å². The number of fused-ring (bicyclic) bond motifs is 1. The summed E-state index contributed by atoms with van der Waals surface area (Å²) in [7, 11) is 0. The van der Waals surface area contributed by atoms with Gasteiger partial charge >= 0.3 is 6.03 Å². The predicted octanol–water partition coefficient (Wildman–Crippen LogP) is 4.23.